The molecule has 0 aromatic heterocycles. The van der Waals surface area contributed by atoms with Crippen LogP contribution in [0.15, 0.2) is 18.2 Å². The largest absolute Gasteiger partial charge is 0.310 e. The van der Waals surface area contributed by atoms with Crippen LogP contribution in [-0.4, -0.2) is 6.54 Å². The molecule has 0 heterocycles. The number of hydrogen-bond acceptors (Lipinski definition) is 1. The smallest absolute Gasteiger partial charge is 0.0327 e. The second-order valence-corrected chi connectivity index (χ2v) is 5.05. The quantitative estimate of drug-likeness (QED) is 0.789. The number of aryl methyl sites for hydroxylation is 2. The lowest BCUT2D eigenvalue weighted by atomic mass is 9.90. The van der Waals surface area contributed by atoms with Crippen LogP contribution in [0.3, 0.4) is 0 Å². The van der Waals surface area contributed by atoms with Gasteiger partial charge in [0.25, 0.3) is 0 Å². The van der Waals surface area contributed by atoms with Crippen molar-refractivity contribution in [1.82, 2.24) is 5.32 Å². The zero-order valence-electron chi connectivity index (χ0n) is 11.3. The highest BCUT2D eigenvalue weighted by Gasteiger charge is 2.15. The molecule has 0 radical (unpaired) electrons. The fourth-order valence-electron chi connectivity index (χ4n) is 2.40. The van der Waals surface area contributed by atoms with E-state index >= 15 is 0 Å². The first-order valence-corrected chi connectivity index (χ1v) is 6.35. The molecule has 0 aliphatic carbocycles. The summed E-state index contributed by atoms with van der Waals surface area (Å²) in [5, 5.41) is 3.61. The highest BCUT2D eigenvalue weighted by Crippen LogP contribution is 2.26. The van der Waals surface area contributed by atoms with Gasteiger partial charge in [-0.05, 0) is 49.4 Å². The van der Waals surface area contributed by atoms with Crippen molar-refractivity contribution < 1.29 is 0 Å². The van der Waals surface area contributed by atoms with E-state index in [-0.39, 0.29) is 0 Å². The van der Waals surface area contributed by atoms with Gasteiger partial charge in [-0.25, -0.2) is 0 Å². The fourth-order valence-corrected chi connectivity index (χ4v) is 2.40. The van der Waals surface area contributed by atoms with Gasteiger partial charge in [-0.1, -0.05) is 39.0 Å². The van der Waals surface area contributed by atoms with Crippen LogP contribution >= 0.6 is 0 Å². The number of hydrogen-bond donors (Lipinski definition) is 1. The molecule has 1 atom stereocenters. The van der Waals surface area contributed by atoms with Crippen LogP contribution in [0, 0.1) is 19.8 Å². The maximum absolute atomic E-state index is 3.61. The van der Waals surface area contributed by atoms with Crippen LogP contribution in [0.25, 0.3) is 0 Å². The van der Waals surface area contributed by atoms with Gasteiger partial charge in [0.2, 0.25) is 0 Å². The Morgan fingerprint density at radius 1 is 1.12 bits per heavy atom. The Labute approximate surface area is 100 Å². The Morgan fingerprint density at radius 3 is 2.12 bits per heavy atom. The molecule has 0 saturated heterocycles. The molecule has 1 nitrogen and oxygen atoms in total. The predicted molar refractivity (Wildman–Crippen MR) is 71.8 cm³/mol. The first kappa shape index (κ1) is 13.2. The molecule has 1 N–H and O–H groups in total. The molecule has 0 spiro atoms. The highest BCUT2D eigenvalue weighted by molar-refractivity contribution is 5.36. The molecule has 1 aromatic rings. The van der Waals surface area contributed by atoms with Crippen LogP contribution in [0.1, 0.15) is 49.9 Å². The second-order valence-electron chi connectivity index (χ2n) is 5.05. The minimum absolute atomic E-state index is 0.506. The average Bonchev–Trinajstić information content (AvgIpc) is 2.16. The van der Waals surface area contributed by atoms with E-state index < -0.39 is 0 Å². The third-order valence-corrected chi connectivity index (χ3v) is 3.05. The van der Waals surface area contributed by atoms with Crippen molar-refractivity contribution in [1.29, 1.82) is 0 Å². The molecule has 90 valence electrons. The van der Waals surface area contributed by atoms with E-state index in [0.29, 0.717) is 6.04 Å². The topological polar surface area (TPSA) is 12.0 Å². The molecule has 1 unspecified atom stereocenters. The minimum atomic E-state index is 0.506. The molecule has 0 aliphatic heterocycles. The van der Waals surface area contributed by atoms with E-state index in [2.05, 4.69) is 58.1 Å². The van der Waals surface area contributed by atoms with Gasteiger partial charge in [-0.3, -0.25) is 0 Å². The monoisotopic (exact) mass is 219 g/mol. The summed E-state index contributed by atoms with van der Waals surface area (Å²) in [7, 11) is 0. The first-order chi connectivity index (χ1) is 7.56. The van der Waals surface area contributed by atoms with Crippen molar-refractivity contribution >= 4 is 0 Å². The van der Waals surface area contributed by atoms with Crippen LogP contribution < -0.4 is 5.32 Å². The third-order valence-electron chi connectivity index (χ3n) is 3.05. The zero-order chi connectivity index (χ0) is 12.1. The van der Waals surface area contributed by atoms with E-state index in [9.17, 15) is 0 Å². The van der Waals surface area contributed by atoms with Crippen LogP contribution in [0.2, 0.25) is 0 Å². The van der Waals surface area contributed by atoms with Gasteiger partial charge in [-0.15, -0.1) is 0 Å². The van der Waals surface area contributed by atoms with Crippen molar-refractivity contribution in [3.8, 4) is 0 Å². The molecule has 1 aromatic carbocycles. The summed E-state index contributed by atoms with van der Waals surface area (Å²) in [5.74, 6) is 0.725. The molecular formula is C15H25N. The van der Waals surface area contributed by atoms with Crippen LogP contribution in [0.5, 0.6) is 0 Å². The molecule has 0 amide bonds. The molecular weight excluding hydrogens is 194 g/mol. The fraction of sp³-hybridized carbons (Fsp3) is 0.600. The van der Waals surface area contributed by atoms with E-state index in [1.165, 1.54) is 23.1 Å². The summed E-state index contributed by atoms with van der Waals surface area (Å²) in [6, 6.07) is 7.08. The number of rotatable bonds is 5. The second kappa shape index (κ2) is 6.05. The van der Waals surface area contributed by atoms with Crippen LogP contribution in [-0.2, 0) is 0 Å². The van der Waals surface area contributed by atoms with Crippen molar-refractivity contribution in [2.45, 2.75) is 47.1 Å². The maximum atomic E-state index is 3.61. The van der Waals surface area contributed by atoms with Crippen LogP contribution in [0.4, 0.5) is 0 Å². The maximum Gasteiger partial charge on any atom is 0.0327 e. The predicted octanol–water partition coefficient (Wildman–Crippen LogP) is 4.00. The minimum Gasteiger partial charge on any atom is -0.310 e. The van der Waals surface area contributed by atoms with Gasteiger partial charge < -0.3 is 5.32 Å². The summed E-state index contributed by atoms with van der Waals surface area (Å²) < 4.78 is 0. The molecule has 16 heavy (non-hydrogen) atoms. The summed E-state index contributed by atoms with van der Waals surface area (Å²) >= 11 is 0. The molecule has 0 fully saturated rings. The van der Waals surface area contributed by atoms with Crippen molar-refractivity contribution in [3.63, 3.8) is 0 Å². The molecule has 0 aliphatic rings. The Kier molecular flexibility index (Phi) is 5.01. The first-order valence-electron chi connectivity index (χ1n) is 6.35. The van der Waals surface area contributed by atoms with Gasteiger partial charge in [-0.2, -0.15) is 0 Å². The normalized spacial score (nSPS) is 13.1. The number of benzene rings is 1. The van der Waals surface area contributed by atoms with Crippen molar-refractivity contribution in [3.05, 3.63) is 34.9 Å². The summed E-state index contributed by atoms with van der Waals surface area (Å²) in [6.07, 6.45) is 1.21. The summed E-state index contributed by atoms with van der Waals surface area (Å²) in [6.45, 7) is 12.2. The third kappa shape index (κ3) is 3.34. The Morgan fingerprint density at radius 2 is 1.69 bits per heavy atom. The van der Waals surface area contributed by atoms with Gasteiger partial charge in [0.1, 0.15) is 0 Å². The van der Waals surface area contributed by atoms with E-state index in [4.69, 9.17) is 0 Å². The van der Waals surface area contributed by atoms with Gasteiger partial charge in [0.05, 0.1) is 0 Å². The lowest BCUT2D eigenvalue weighted by molar-refractivity contribution is 0.436. The van der Waals surface area contributed by atoms with Gasteiger partial charge in [0.15, 0.2) is 0 Å². The van der Waals surface area contributed by atoms with E-state index in [1.807, 2.05) is 0 Å². The van der Waals surface area contributed by atoms with Gasteiger partial charge >= 0.3 is 0 Å². The molecule has 1 heteroatoms. The van der Waals surface area contributed by atoms with Crippen molar-refractivity contribution in [2.24, 2.45) is 5.92 Å². The summed E-state index contributed by atoms with van der Waals surface area (Å²) in [4.78, 5) is 0. The summed E-state index contributed by atoms with van der Waals surface area (Å²) in [5.41, 5.74) is 4.32. The molecule has 0 bridgehead atoms. The lowest BCUT2D eigenvalue weighted by Crippen LogP contribution is -2.24. The van der Waals surface area contributed by atoms with E-state index in [1.54, 1.807) is 0 Å². The number of nitrogens with one attached hydrogen (secondary N) is 1. The Balaban J connectivity index is 3.00. The lowest BCUT2D eigenvalue weighted by Gasteiger charge is -2.24. The van der Waals surface area contributed by atoms with Gasteiger partial charge in [0, 0.05) is 6.04 Å². The average molecular weight is 219 g/mol. The Bertz CT molecular complexity index is 308. The highest BCUT2D eigenvalue weighted by atomic mass is 14.9. The Hall–Kier alpha value is -0.820. The molecule has 0 saturated carbocycles. The van der Waals surface area contributed by atoms with Crippen molar-refractivity contribution in [2.75, 3.05) is 6.54 Å². The SMILES string of the molecule is CCNC(CC(C)C)c1c(C)cccc1C. The molecule has 1 rings (SSSR count). The van der Waals surface area contributed by atoms with E-state index in [0.717, 1.165) is 12.5 Å². The zero-order valence-corrected chi connectivity index (χ0v) is 11.3. The standard InChI is InChI=1S/C15H25N/c1-6-16-14(10-11(2)3)15-12(4)8-7-9-13(15)5/h7-9,11,14,16H,6,10H2,1-5H3.